The van der Waals surface area contributed by atoms with Gasteiger partial charge in [0.1, 0.15) is 22.5 Å². The lowest BCUT2D eigenvalue weighted by molar-refractivity contribution is 0.0358. The van der Waals surface area contributed by atoms with E-state index in [1.54, 1.807) is 35.1 Å². The summed E-state index contributed by atoms with van der Waals surface area (Å²) in [6.07, 6.45) is 5.25. The molecule has 0 radical (unpaired) electrons. The van der Waals surface area contributed by atoms with Gasteiger partial charge < -0.3 is 43.0 Å². The van der Waals surface area contributed by atoms with Crippen LogP contribution in [0.4, 0.5) is 5.95 Å². The molecular formula is C42H47N9O10S. The highest BCUT2D eigenvalue weighted by molar-refractivity contribution is 7.16. The van der Waals surface area contributed by atoms with Gasteiger partial charge in [-0.25, -0.2) is 19.7 Å². The SMILES string of the molecule is CCc1nc(C)oc1C(=O)N=c1sc2cc(C(=O)O)cc(OC)c2n1C/C=C/Cn1c(NC(=O)c2oc(C)nc2CC)nc2cc(C(N)=O)cc(OCCCN3CCOCC3)c21. The number of rotatable bonds is 17. The number of nitrogens with one attached hydrogen (secondary N) is 1. The number of carbonyl (C=O) groups is 4. The fourth-order valence-corrected chi connectivity index (χ4v) is 8.27. The minimum Gasteiger partial charge on any atom is -0.494 e. The van der Waals surface area contributed by atoms with Crippen molar-refractivity contribution in [3.63, 3.8) is 0 Å². The second kappa shape index (κ2) is 19.0. The van der Waals surface area contributed by atoms with Gasteiger partial charge in [-0.05, 0) is 43.5 Å². The number of aryl methyl sites for hydroxylation is 4. The second-order valence-electron chi connectivity index (χ2n) is 14.3. The molecule has 4 N–H and O–H groups in total. The summed E-state index contributed by atoms with van der Waals surface area (Å²) in [4.78, 5) is 72.2. The lowest BCUT2D eigenvalue weighted by atomic mass is 10.1. The van der Waals surface area contributed by atoms with E-state index in [9.17, 15) is 24.3 Å². The summed E-state index contributed by atoms with van der Waals surface area (Å²) in [5.74, 6) is -1.54. The fraction of sp³-hybridized carbons (Fsp3) is 0.381. The summed E-state index contributed by atoms with van der Waals surface area (Å²) in [7, 11) is 1.43. The highest BCUT2D eigenvalue weighted by Crippen LogP contribution is 2.33. The van der Waals surface area contributed by atoms with Gasteiger partial charge in [-0.2, -0.15) is 4.99 Å². The van der Waals surface area contributed by atoms with Crippen LogP contribution in [0, 0.1) is 13.8 Å². The third kappa shape index (κ3) is 9.31. The molecule has 1 aliphatic heterocycles. The highest BCUT2D eigenvalue weighted by atomic mass is 32.1. The van der Waals surface area contributed by atoms with E-state index >= 15 is 0 Å². The van der Waals surface area contributed by atoms with E-state index in [2.05, 4.69) is 25.2 Å². The van der Waals surface area contributed by atoms with Crippen molar-refractivity contribution in [1.29, 1.82) is 0 Å². The molecule has 3 amide bonds. The van der Waals surface area contributed by atoms with Gasteiger partial charge in [-0.3, -0.25) is 24.6 Å². The summed E-state index contributed by atoms with van der Waals surface area (Å²) in [6, 6.07) is 6.02. The molecule has 0 saturated carbocycles. The average Bonchev–Trinajstić information content (AvgIpc) is 4.03. The van der Waals surface area contributed by atoms with Crippen molar-refractivity contribution >= 4 is 62.2 Å². The summed E-state index contributed by atoms with van der Waals surface area (Å²) in [5, 5.41) is 12.7. The number of morpholine rings is 1. The predicted molar refractivity (Wildman–Crippen MR) is 227 cm³/mol. The van der Waals surface area contributed by atoms with Crippen molar-refractivity contribution in [2.24, 2.45) is 10.7 Å². The molecule has 6 aromatic rings. The summed E-state index contributed by atoms with van der Waals surface area (Å²) in [6.45, 7) is 11.4. The number of benzene rings is 2. The Morgan fingerprint density at radius 1 is 0.903 bits per heavy atom. The zero-order valence-corrected chi connectivity index (χ0v) is 35.8. The Morgan fingerprint density at radius 3 is 2.23 bits per heavy atom. The van der Waals surface area contributed by atoms with Crippen molar-refractivity contribution in [2.75, 3.05) is 51.9 Å². The number of nitrogens with zero attached hydrogens (tertiary/aromatic N) is 7. The van der Waals surface area contributed by atoms with Crippen LogP contribution in [0.2, 0.25) is 0 Å². The molecule has 1 aliphatic rings. The van der Waals surface area contributed by atoms with Crippen LogP contribution in [0.5, 0.6) is 11.5 Å². The van der Waals surface area contributed by atoms with E-state index in [4.69, 9.17) is 33.8 Å². The lowest BCUT2D eigenvalue weighted by Gasteiger charge is -2.26. The molecule has 0 unspecified atom stereocenters. The molecule has 0 spiro atoms. The minimum atomic E-state index is -1.15. The average molecular weight is 870 g/mol. The van der Waals surface area contributed by atoms with Gasteiger partial charge >= 0.3 is 11.9 Å². The summed E-state index contributed by atoms with van der Waals surface area (Å²) < 4.78 is 32.8. The number of carbonyl (C=O) groups excluding carboxylic acids is 3. The number of oxazole rings is 2. The first-order valence-electron chi connectivity index (χ1n) is 20.1. The van der Waals surface area contributed by atoms with Gasteiger partial charge in [-0.15, -0.1) is 0 Å². The van der Waals surface area contributed by atoms with Crippen molar-refractivity contribution in [3.05, 3.63) is 87.0 Å². The largest absolute Gasteiger partial charge is 0.494 e. The van der Waals surface area contributed by atoms with Gasteiger partial charge in [0.2, 0.25) is 23.4 Å². The number of thiazole rings is 1. The molecule has 2 aromatic carbocycles. The van der Waals surface area contributed by atoms with Crippen molar-refractivity contribution in [3.8, 4) is 11.5 Å². The molecule has 326 valence electrons. The zero-order valence-electron chi connectivity index (χ0n) is 35.0. The Labute approximate surface area is 358 Å². The summed E-state index contributed by atoms with van der Waals surface area (Å²) in [5.41, 5.74) is 8.26. The number of aromatic carboxylic acids is 1. The smallest absolute Gasteiger partial charge is 0.335 e. The van der Waals surface area contributed by atoms with Crippen LogP contribution in [0.15, 0.2) is 50.2 Å². The number of nitrogens with two attached hydrogens (primary N) is 1. The molecule has 0 bridgehead atoms. The monoisotopic (exact) mass is 869 g/mol. The van der Waals surface area contributed by atoms with Gasteiger partial charge in [0, 0.05) is 52.1 Å². The molecule has 19 nitrogen and oxygen atoms in total. The third-order valence-electron chi connectivity index (χ3n) is 10.1. The van der Waals surface area contributed by atoms with Crippen LogP contribution in [0.1, 0.15) is 85.3 Å². The maximum Gasteiger partial charge on any atom is 0.335 e. The normalized spacial score (nSPS) is 13.7. The topological polar surface area (TPSA) is 245 Å². The number of anilines is 1. The maximum absolute atomic E-state index is 13.7. The molecule has 1 saturated heterocycles. The van der Waals surface area contributed by atoms with Crippen LogP contribution >= 0.6 is 11.3 Å². The van der Waals surface area contributed by atoms with Crippen LogP contribution in [0.25, 0.3) is 21.3 Å². The van der Waals surface area contributed by atoms with Crippen LogP contribution in [0.3, 0.4) is 0 Å². The first-order valence-corrected chi connectivity index (χ1v) is 20.9. The lowest BCUT2D eigenvalue weighted by Crippen LogP contribution is -2.37. The number of hydrogen-bond acceptors (Lipinski definition) is 14. The number of aromatic nitrogens is 5. The number of allylic oxidation sites excluding steroid dienone is 2. The molecule has 1 fully saturated rings. The van der Waals surface area contributed by atoms with Crippen molar-refractivity contribution < 1.29 is 47.3 Å². The molecule has 4 aromatic heterocycles. The highest BCUT2D eigenvalue weighted by Gasteiger charge is 2.24. The van der Waals surface area contributed by atoms with Crippen LogP contribution in [-0.2, 0) is 30.7 Å². The number of primary amides is 1. The maximum atomic E-state index is 13.7. The molecular weight excluding hydrogens is 823 g/mol. The predicted octanol–water partition coefficient (Wildman–Crippen LogP) is 4.93. The number of imidazole rings is 1. The number of ether oxygens (including phenoxy) is 3. The Kier molecular flexibility index (Phi) is 13.3. The van der Waals surface area contributed by atoms with Gasteiger partial charge in [0.15, 0.2) is 16.6 Å². The Hall–Kier alpha value is -6.64. The number of carboxylic acids is 1. The Bertz CT molecular complexity index is 2770. The Morgan fingerprint density at radius 2 is 1.56 bits per heavy atom. The number of hydrogen-bond donors (Lipinski definition) is 3. The van der Waals surface area contributed by atoms with Crippen molar-refractivity contribution in [1.82, 2.24) is 29.0 Å². The van der Waals surface area contributed by atoms with E-state index in [-0.39, 0.29) is 52.2 Å². The minimum absolute atomic E-state index is 0.00187. The molecule has 0 atom stereocenters. The molecule has 7 rings (SSSR count). The molecule has 0 aliphatic carbocycles. The molecule has 5 heterocycles. The van der Waals surface area contributed by atoms with E-state index < -0.39 is 23.7 Å². The number of amides is 3. The second-order valence-corrected chi connectivity index (χ2v) is 15.3. The van der Waals surface area contributed by atoms with E-state index in [1.807, 2.05) is 26.0 Å². The van der Waals surface area contributed by atoms with Crippen molar-refractivity contribution in [2.45, 2.75) is 60.0 Å². The first kappa shape index (κ1) is 43.4. The Balaban J connectivity index is 1.27. The van der Waals surface area contributed by atoms with Crippen LogP contribution in [-0.4, -0.2) is 104 Å². The number of fused-ring (bicyclic) bond motifs is 2. The zero-order chi connectivity index (χ0) is 44.1. The van der Waals surface area contributed by atoms with Gasteiger partial charge in [0.05, 0.1) is 54.1 Å². The van der Waals surface area contributed by atoms with Gasteiger partial charge in [0.25, 0.3) is 5.91 Å². The first-order chi connectivity index (χ1) is 29.9. The van der Waals surface area contributed by atoms with E-state index in [1.165, 1.54) is 19.2 Å². The standard InChI is InChI=1S/C42H47N9O10S/c1-6-27-35(60-23(3)44-27)38(53)47-41-46-29-19-25(37(43)52)20-31(59-16-10-11-49-14-17-58-18-15-49)33(29)50(41)12-8-9-13-51-34-30(57-5)21-26(40(55)56)22-32(34)62-42(51)48-39(54)36-28(7-2)45-24(4)61-36/h8-9,19-22H,6-7,10-18H2,1-5H3,(H2,43,52)(H,55,56)(H,46,47,53)/b9-8+,48-42?. The van der Waals surface area contributed by atoms with E-state index in [0.717, 1.165) is 31.0 Å². The molecule has 20 heteroatoms. The quantitative estimate of drug-likeness (QED) is 0.0814. The number of carboxylic acid groups (broad SMARTS) is 1. The molecule has 62 heavy (non-hydrogen) atoms. The number of methoxy groups -OCH3 is 1. The summed E-state index contributed by atoms with van der Waals surface area (Å²) >= 11 is 1.12. The van der Waals surface area contributed by atoms with E-state index in [0.29, 0.717) is 89.3 Å². The van der Waals surface area contributed by atoms with Gasteiger partial charge in [-0.1, -0.05) is 37.3 Å². The third-order valence-corrected chi connectivity index (χ3v) is 11.1. The van der Waals surface area contributed by atoms with Crippen LogP contribution < -0.4 is 25.3 Å². The fourth-order valence-electron chi connectivity index (χ4n) is 7.18.